The molecule has 0 atom stereocenters. The van der Waals surface area contributed by atoms with Crippen LogP contribution in [0.1, 0.15) is 10.4 Å². The topological polar surface area (TPSA) is 86.3 Å². The van der Waals surface area contributed by atoms with Crippen LogP contribution >= 0.6 is 11.3 Å². The number of nitro groups is 2. The first-order chi connectivity index (χ1) is 7.08. The Hall–Kier alpha value is -2.02. The summed E-state index contributed by atoms with van der Waals surface area (Å²) in [5, 5.41) is 21.7. The SMILES string of the molecule is O=[N+]([O-])C=Cc1csc(C=C[N+](=O)[O-])c1. The van der Waals surface area contributed by atoms with Crippen molar-refractivity contribution in [3.8, 4) is 0 Å². The van der Waals surface area contributed by atoms with Gasteiger partial charge in [0.05, 0.1) is 9.85 Å². The first-order valence-corrected chi connectivity index (χ1v) is 4.68. The van der Waals surface area contributed by atoms with E-state index in [4.69, 9.17) is 0 Å². The quantitative estimate of drug-likeness (QED) is 0.581. The molecule has 7 heteroatoms. The van der Waals surface area contributed by atoms with Crippen molar-refractivity contribution in [1.29, 1.82) is 0 Å². The molecule has 15 heavy (non-hydrogen) atoms. The zero-order chi connectivity index (χ0) is 11.3. The Balaban J connectivity index is 2.72. The normalized spacial score (nSPS) is 11.2. The Morgan fingerprint density at radius 1 is 1.13 bits per heavy atom. The molecule has 0 bridgehead atoms. The smallest absolute Gasteiger partial charge is 0.235 e. The highest BCUT2D eigenvalue weighted by Gasteiger charge is 1.97. The second-order valence-electron chi connectivity index (χ2n) is 2.48. The molecule has 0 saturated carbocycles. The van der Waals surface area contributed by atoms with Crippen LogP contribution in [0.4, 0.5) is 0 Å². The van der Waals surface area contributed by atoms with E-state index in [1.165, 1.54) is 23.5 Å². The maximum atomic E-state index is 10.0. The molecule has 0 unspecified atom stereocenters. The molecule has 0 amide bonds. The van der Waals surface area contributed by atoms with Crippen molar-refractivity contribution in [3.63, 3.8) is 0 Å². The molecule has 0 saturated heterocycles. The molecule has 0 aliphatic heterocycles. The fourth-order valence-corrected chi connectivity index (χ4v) is 1.59. The van der Waals surface area contributed by atoms with Crippen molar-refractivity contribution in [3.05, 3.63) is 54.5 Å². The number of rotatable bonds is 4. The summed E-state index contributed by atoms with van der Waals surface area (Å²) in [5.74, 6) is 0. The van der Waals surface area contributed by atoms with Crippen LogP contribution in [-0.2, 0) is 0 Å². The van der Waals surface area contributed by atoms with Gasteiger partial charge >= 0.3 is 0 Å². The zero-order valence-corrected chi connectivity index (χ0v) is 8.22. The zero-order valence-electron chi connectivity index (χ0n) is 7.40. The third-order valence-corrected chi connectivity index (χ3v) is 2.31. The molecule has 0 N–H and O–H groups in total. The first-order valence-electron chi connectivity index (χ1n) is 3.80. The highest BCUT2D eigenvalue weighted by molar-refractivity contribution is 7.11. The minimum absolute atomic E-state index is 0.563. The van der Waals surface area contributed by atoms with Crippen LogP contribution in [-0.4, -0.2) is 9.85 Å². The van der Waals surface area contributed by atoms with Crippen LogP contribution in [0, 0.1) is 20.2 Å². The Kier molecular flexibility index (Phi) is 3.69. The van der Waals surface area contributed by atoms with Gasteiger partial charge in [-0.25, -0.2) is 0 Å². The predicted octanol–water partition coefficient (Wildman–Crippen LogP) is 2.24. The molecule has 78 valence electrons. The van der Waals surface area contributed by atoms with Crippen LogP contribution in [0.3, 0.4) is 0 Å². The molecule has 0 aromatic carbocycles. The summed E-state index contributed by atoms with van der Waals surface area (Å²) in [6.07, 6.45) is 4.32. The van der Waals surface area contributed by atoms with E-state index in [0.717, 1.165) is 12.4 Å². The lowest BCUT2D eigenvalue weighted by Crippen LogP contribution is -1.81. The molecule has 1 rings (SSSR count). The molecule has 0 aliphatic carbocycles. The minimum atomic E-state index is -0.565. The van der Waals surface area contributed by atoms with Crippen LogP contribution < -0.4 is 0 Å². The van der Waals surface area contributed by atoms with E-state index in [2.05, 4.69) is 0 Å². The lowest BCUT2D eigenvalue weighted by Gasteiger charge is -1.80. The molecule has 1 heterocycles. The average Bonchev–Trinajstić information content (AvgIpc) is 2.59. The van der Waals surface area contributed by atoms with Crippen molar-refractivity contribution < 1.29 is 9.85 Å². The fraction of sp³-hybridized carbons (Fsp3) is 0. The molecule has 0 radical (unpaired) electrons. The monoisotopic (exact) mass is 226 g/mol. The van der Waals surface area contributed by atoms with E-state index < -0.39 is 9.85 Å². The maximum absolute atomic E-state index is 10.0. The molecular formula is C8H6N2O4S. The average molecular weight is 226 g/mol. The number of hydrogen-bond donors (Lipinski definition) is 0. The fourth-order valence-electron chi connectivity index (χ4n) is 0.824. The van der Waals surface area contributed by atoms with Gasteiger partial charge in [-0.15, -0.1) is 11.3 Å². The Labute approximate surface area is 88.5 Å². The summed E-state index contributed by atoms with van der Waals surface area (Å²) >= 11 is 1.28. The van der Waals surface area contributed by atoms with Crippen LogP contribution in [0.2, 0.25) is 0 Å². The summed E-state index contributed by atoms with van der Waals surface area (Å²) in [6.45, 7) is 0. The van der Waals surface area contributed by atoms with Gasteiger partial charge in [-0.2, -0.15) is 0 Å². The van der Waals surface area contributed by atoms with Gasteiger partial charge in [-0.05, 0) is 17.0 Å². The molecular weight excluding hydrogens is 220 g/mol. The van der Waals surface area contributed by atoms with E-state index in [9.17, 15) is 20.2 Å². The van der Waals surface area contributed by atoms with Crippen molar-refractivity contribution in [2.45, 2.75) is 0 Å². The van der Waals surface area contributed by atoms with E-state index in [1.807, 2.05) is 0 Å². The second kappa shape index (κ2) is 5.01. The molecule has 0 spiro atoms. The Morgan fingerprint density at radius 3 is 2.33 bits per heavy atom. The summed E-state index contributed by atoms with van der Waals surface area (Å²) in [6, 6.07) is 1.63. The second-order valence-corrected chi connectivity index (χ2v) is 3.43. The van der Waals surface area contributed by atoms with Crippen molar-refractivity contribution in [2.75, 3.05) is 0 Å². The van der Waals surface area contributed by atoms with Crippen molar-refractivity contribution in [1.82, 2.24) is 0 Å². The predicted molar refractivity (Wildman–Crippen MR) is 56.4 cm³/mol. The highest BCUT2D eigenvalue weighted by atomic mass is 32.1. The van der Waals surface area contributed by atoms with Crippen molar-refractivity contribution >= 4 is 23.5 Å². The molecule has 6 nitrogen and oxygen atoms in total. The maximum Gasteiger partial charge on any atom is 0.235 e. The van der Waals surface area contributed by atoms with Gasteiger partial charge < -0.3 is 0 Å². The van der Waals surface area contributed by atoms with Gasteiger partial charge in [0.2, 0.25) is 12.4 Å². The van der Waals surface area contributed by atoms with E-state index in [-0.39, 0.29) is 0 Å². The number of nitrogens with zero attached hydrogens (tertiary/aromatic N) is 2. The standard InChI is InChI=1S/C8H6N2O4S/c11-9(12)3-1-7-5-8(15-6-7)2-4-10(13)14/h1-6H. The van der Waals surface area contributed by atoms with Gasteiger partial charge in [-0.1, -0.05) is 0 Å². The van der Waals surface area contributed by atoms with Gasteiger partial charge in [0, 0.05) is 17.0 Å². The molecule has 1 aromatic heterocycles. The molecule has 0 fully saturated rings. The van der Waals surface area contributed by atoms with Crippen molar-refractivity contribution in [2.24, 2.45) is 0 Å². The van der Waals surface area contributed by atoms with Crippen LogP contribution in [0.15, 0.2) is 23.8 Å². The van der Waals surface area contributed by atoms with Gasteiger partial charge in [0.1, 0.15) is 0 Å². The van der Waals surface area contributed by atoms with E-state index in [0.29, 0.717) is 10.4 Å². The number of hydrogen-bond acceptors (Lipinski definition) is 5. The third kappa shape index (κ3) is 4.14. The van der Waals surface area contributed by atoms with Gasteiger partial charge in [-0.3, -0.25) is 20.2 Å². The molecule has 0 aliphatic rings. The lowest BCUT2D eigenvalue weighted by atomic mass is 10.3. The summed E-state index contributed by atoms with van der Waals surface area (Å²) in [7, 11) is 0. The Bertz CT molecular complexity index is 397. The molecule has 1 aromatic rings. The third-order valence-electron chi connectivity index (χ3n) is 1.39. The summed E-state index contributed by atoms with van der Waals surface area (Å²) in [5.41, 5.74) is 0.652. The first kappa shape index (κ1) is 11.1. The van der Waals surface area contributed by atoms with Crippen LogP contribution in [0.5, 0.6) is 0 Å². The van der Waals surface area contributed by atoms with Gasteiger partial charge in [0.15, 0.2) is 0 Å². The van der Waals surface area contributed by atoms with E-state index >= 15 is 0 Å². The van der Waals surface area contributed by atoms with E-state index in [1.54, 1.807) is 11.4 Å². The summed E-state index contributed by atoms with van der Waals surface area (Å²) < 4.78 is 0. The largest absolute Gasteiger partial charge is 0.259 e. The number of thiophene rings is 1. The minimum Gasteiger partial charge on any atom is -0.259 e. The highest BCUT2D eigenvalue weighted by Crippen LogP contribution is 2.17. The summed E-state index contributed by atoms with van der Waals surface area (Å²) in [4.78, 5) is 19.6. The van der Waals surface area contributed by atoms with Gasteiger partial charge in [0.25, 0.3) is 0 Å². The Morgan fingerprint density at radius 2 is 1.73 bits per heavy atom. The lowest BCUT2D eigenvalue weighted by molar-refractivity contribution is -0.401. The van der Waals surface area contributed by atoms with Crippen LogP contribution in [0.25, 0.3) is 12.2 Å².